The highest BCUT2D eigenvalue weighted by atomic mass is 32.2. The second-order valence-electron chi connectivity index (χ2n) is 7.19. The van der Waals surface area contributed by atoms with Crippen LogP contribution in [-0.2, 0) is 10.0 Å². The predicted octanol–water partition coefficient (Wildman–Crippen LogP) is 3.37. The number of fused-ring (bicyclic) bond motifs is 3. The van der Waals surface area contributed by atoms with Crippen molar-refractivity contribution in [2.45, 2.75) is 45.1 Å². The summed E-state index contributed by atoms with van der Waals surface area (Å²) in [5.41, 5.74) is 2.06. The number of phenols is 1. The van der Waals surface area contributed by atoms with Crippen LogP contribution >= 0.6 is 0 Å². The maximum Gasteiger partial charge on any atom is 0.229 e. The van der Waals surface area contributed by atoms with Gasteiger partial charge in [0.2, 0.25) is 10.0 Å². The first-order valence-electron chi connectivity index (χ1n) is 7.76. The number of anilines is 1. The summed E-state index contributed by atoms with van der Waals surface area (Å²) < 4.78 is 31.4. The lowest BCUT2D eigenvalue weighted by atomic mass is 9.67. The van der Waals surface area contributed by atoms with Gasteiger partial charge < -0.3 is 9.84 Å². The average Bonchev–Trinajstić information content (AvgIpc) is 2.34. The van der Waals surface area contributed by atoms with Crippen molar-refractivity contribution in [3.05, 3.63) is 29.3 Å². The van der Waals surface area contributed by atoms with Gasteiger partial charge in [0.05, 0.1) is 11.9 Å². The van der Waals surface area contributed by atoms with E-state index in [1.807, 2.05) is 0 Å². The summed E-state index contributed by atoms with van der Waals surface area (Å²) in [6.07, 6.45) is 5.14. The van der Waals surface area contributed by atoms with Gasteiger partial charge in [-0.15, -0.1) is 0 Å². The molecule has 2 N–H and O–H groups in total. The van der Waals surface area contributed by atoms with Gasteiger partial charge in [0, 0.05) is 29.5 Å². The number of nitrogens with one attached hydrogen (secondary N) is 1. The van der Waals surface area contributed by atoms with E-state index in [1.165, 1.54) is 11.6 Å². The molecule has 0 saturated carbocycles. The highest BCUT2D eigenvalue weighted by Gasteiger charge is 2.45. The molecule has 1 aromatic carbocycles. The SMILES string of the molecule is CC1=CC[C@@H]2[C@@H](C1)c1c(O)cc(NS(C)(=O)=O)cc1OC2(C)C. The summed E-state index contributed by atoms with van der Waals surface area (Å²) in [5.74, 6) is 1.13. The fourth-order valence-corrected chi connectivity index (χ4v) is 4.38. The number of ether oxygens (including phenoxy) is 1. The molecule has 1 aromatic rings. The Kier molecular flexibility index (Phi) is 3.63. The van der Waals surface area contributed by atoms with Crippen molar-refractivity contribution in [2.75, 3.05) is 11.0 Å². The first kappa shape index (κ1) is 16.2. The number of aromatic hydroxyl groups is 1. The van der Waals surface area contributed by atoms with Gasteiger partial charge in [-0.2, -0.15) is 0 Å². The lowest BCUT2D eigenvalue weighted by Gasteiger charge is -2.47. The van der Waals surface area contributed by atoms with Gasteiger partial charge in [0.25, 0.3) is 0 Å². The second kappa shape index (κ2) is 5.16. The average molecular weight is 337 g/mol. The second-order valence-corrected chi connectivity index (χ2v) is 8.94. The molecule has 0 bridgehead atoms. The molecule has 2 aliphatic rings. The van der Waals surface area contributed by atoms with E-state index in [1.54, 1.807) is 6.07 Å². The maximum atomic E-state index is 11.4. The number of allylic oxidation sites excluding steroid dienone is 2. The van der Waals surface area contributed by atoms with Gasteiger partial charge in [-0.3, -0.25) is 4.72 Å². The van der Waals surface area contributed by atoms with Crippen LogP contribution in [-0.4, -0.2) is 25.4 Å². The quantitative estimate of drug-likeness (QED) is 0.811. The van der Waals surface area contributed by atoms with Crippen molar-refractivity contribution in [3.63, 3.8) is 0 Å². The number of hydrogen-bond acceptors (Lipinski definition) is 4. The highest BCUT2D eigenvalue weighted by Crippen LogP contribution is 2.54. The van der Waals surface area contributed by atoms with Crippen molar-refractivity contribution in [1.82, 2.24) is 0 Å². The molecule has 0 unspecified atom stereocenters. The third-order valence-corrected chi connectivity index (χ3v) is 5.41. The monoisotopic (exact) mass is 337 g/mol. The number of phenolic OH excluding ortho intramolecular Hbond substituents is 1. The van der Waals surface area contributed by atoms with Gasteiger partial charge in [0.15, 0.2) is 0 Å². The molecular formula is C17H23NO4S. The molecule has 0 aromatic heterocycles. The predicted molar refractivity (Wildman–Crippen MR) is 90.5 cm³/mol. The molecular weight excluding hydrogens is 314 g/mol. The molecule has 23 heavy (non-hydrogen) atoms. The Morgan fingerprint density at radius 2 is 2.04 bits per heavy atom. The minimum Gasteiger partial charge on any atom is -0.507 e. The van der Waals surface area contributed by atoms with E-state index in [9.17, 15) is 13.5 Å². The molecule has 3 rings (SSSR count). The molecule has 126 valence electrons. The van der Waals surface area contributed by atoms with Crippen LogP contribution in [0, 0.1) is 5.92 Å². The number of hydrogen-bond donors (Lipinski definition) is 2. The van der Waals surface area contributed by atoms with Crippen molar-refractivity contribution in [2.24, 2.45) is 5.92 Å². The highest BCUT2D eigenvalue weighted by molar-refractivity contribution is 7.92. The van der Waals surface area contributed by atoms with Crippen molar-refractivity contribution in [3.8, 4) is 11.5 Å². The summed E-state index contributed by atoms with van der Waals surface area (Å²) in [4.78, 5) is 0. The number of benzene rings is 1. The van der Waals surface area contributed by atoms with Gasteiger partial charge in [-0.25, -0.2) is 8.42 Å². The molecule has 0 amide bonds. The first-order valence-corrected chi connectivity index (χ1v) is 9.65. The number of sulfonamides is 1. The minimum absolute atomic E-state index is 0.0915. The fraction of sp³-hybridized carbons (Fsp3) is 0.529. The summed E-state index contributed by atoms with van der Waals surface area (Å²) in [6, 6.07) is 3.13. The Morgan fingerprint density at radius 1 is 1.35 bits per heavy atom. The van der Waals surface area contributed by atoms with Crippen LogP contribution in [0.3, 0.4) is 0 Å². The van der Waals surface area contributed by atoms with Gasteiger partial charge in [0.1, 0.15) is 17.1 Å². The Hall–Kier alpha value is -1.69. The summed E-state index contributed by atoms with van der Waals surface area (Å²) in [6.45, 7) is 6.21. The van der Waals surface area contributed by atoms with Crippen LogP contribution in [0.15, 0.2) is 23.8 Å². The molecule has 1 heterocycles. The van der Waals surface area contributed by atoms with Crippen LogP contribution in [0.1, 0.15) is 45.1 Å². The Morgan fingerprint density at radius 3 is 2.70 bits per heavy atom. The molecule has 5 nitrogen and oxygen atoms in total. The Labute approximate surface area is 137 Å². The first-order chi connectivity index (χ1) is 10.6. The lowest BCUT2D eigenvalue weighted by molar-refractivity contribution is 0.00770. The Balaban J connectivity index is 2.10. The zero-order chi connectivity index (χ0) is 17.0. The third-order valence-electron chi connectivity index (χ3n) is 4.81. The fourth-order valence-electron chi connectivity index (χ4n) is 3.84. The summed E-state index contributed by atoms with van der Waals surface area (Å²) >= 11 is 0. The van der Waals surface area contributed by atoms with E-state index >= 15 is 0 Å². The zero-order valence-corrected chi connectivity index (χ0v) is 14.7. The molecule has 6 heteroatoms. The molecule has 1 aliphatic carbocycles. The molecule has 1 aliphatic heterocycles. The van der Waals surface area contributed by atoms with Crippen molar-refractivity contribution in [1.29, 1.82) is 0 Å². The van der Waals surface area contributed by atoms with Crippen LogP contribution in [0.4, 0.5) is 5.69 Å². The standard InChI is InChI=1S/C17H23NO4S/c1-10-5-6-13-12(7-10)16-14(19)8-11(18-23(4,20)21)9-15(16)22-17(13,2)3/h5,8-9,12-13,18-19H,6-7H2,1-4H3/t12-,13-/m1/s1. The van der Waals surface area contributed by atoms with Crippen molar-refractivity contribution >= 4 is 15.7 Å². The molecule has 0 fully saturated rings. The Bertz CT molecular complexity index is 780. The van der Waals surface area contributed by atoms with E-state index in [0.717, 1.165) is 24.7 Å². The van der Waals surface area contributed by atoms with Gasteiger partial charge in [-0.05, 0) is 33.6 Å². The van der Waals surface area contributed by atoms with Crippen LogP contribution in [0.5, 0.6) is 11.5 Å². The lowest BCUT2D eigenvalue weighted by Crippen LogP contribution is -2.45. The topological polar surface area (TPSA) is 75.6 Å². The van der Waals surface area contributed by atoms with Crippen LogP contribution in [0.25, 0.3) is 0 Å². The van der Waals surface area contributed by atoms with E-state index in [4.69, 9.17) is 4.74 Å². The molecule has 0 radical (unpaired) electrons. The largest absolute Gasteiger partial charge is 0.507 e. The van der Waals surface area contributed by atoms with Crippen LogP contribution in [0.2, 0.25) is 0 Å². The van der Waals surface area contributed by atoms with E-state index in [0.29, 0.717) is 17.4 Å². The zero-order valence-electron chi connectivity index (χ0n) is 13.9. The normalized spacial score (nSPS) is 25.7. The summed E-state index contributed by atoms with van der Waals surface area (Å²) in [7, 11) is -3.41. The van der Waals surface area contributed by atoms with E-state index in [-0.39, 0.29) is 17.3 Å². The van der Waals surface area contributed by atoms with E-state index < -0.39 is 10.0 Å². The van der Waals surface area contributed by atoms with Crippen LogP contribution < -0.4 is 9.46 Å². The third kappa shape index (κ3) is 3.04. The molecule has 0 saturated heterocycles. The molecule has 0 spiro atoms. The van der Waals surface area contributed by atoms with Gasteiger partial charge >= 0.3 is 0 Å². The van der Waals surface area contributed by atoms with E-state index in [2.05, 4.69) is 31.6 Å². The van der Waals surface area contributed by atoms with Crippen molar-refractivity contribution < 1.29 is 18.3 Å². The van der Waals surface area contributed by atoms with Gasteiger partial charge in [-0.1, -0.05) is 11.6 Å². The molecule has 2 atom stereocenters. The smallest absolute Gasteiger partial charge is 0.229 e. The minimum atomic E-state index is -3.41. The maximum absolute atomic E-state index is 11.4. The number of rotatable bonds is 2. The summed E-state index contributed by atoms with van der Waals surface area (Å²) in [5, 5.41) is 10.5.